The molecule has 0 saturated heterocycles. The number of carbonyl (C=O) groups excluding carboxylic acids is 2. The van der Waals surface area contributed by atoms with Crippen molar-refractivity contribution in [3.63, 3.8) is 0 Å². The molecule has 0 fully saturated rings. The van der Waals surface area contributed by atoms with E-state index >= 15 is 0 Å². The van der Waals surface area contributed by atoms with Crippen LogP contribution < -0.4 is 0 Å². The second-order valence-electron chi connectivity index (χ2n) is 4.97. The van der Waals surface area contributed by atoms with Crippen molar-refractivity contribution in [1.29, 1.82) is 0 Å². The monoisotopic (exact) mass is 324 g/mol. The molecule has 0 spiro atoms. The van der Waals surface area contributed by atoms with Gasteiger partial charge < -0.3 is 9.47 Å². The minimum Gasteiger partial charge on any atom is -0.463 e. The average molecular weight is 324 g/mol. The Kier molecular flexibility index (Phi) is 6.32. The number of carbonyl (C=O) groups is 2. The van der Waals surface area contributed by atoms with E-state index in [1.807, 2.05) is 30.3 Å². The lowest BCUT2D eigenvalue weighted by molar-refractivity contribution is -0.137. The largest absolute Gasteiger partial charge is 0.463 e. The molecule has 0 N–H and O–H groups in total. The van der Waals surface area contributed by atoms with Crippen LogP contribution in [0.15, 0.2) is 60.7 Å². The molecule has 0 bridgehead atoms. The van der Waals surface area contributed by atoms with Gasteiger partial charge in [-0.15, -0.1) is 0 Å². The molecular weight excluding hydrogens is 304 g/mol. The number of rotatable bonds is 6. The van der Waals surface area contributed by atoms with Gasteiger partial charge in [-0.3, -0.25) is 0 Å². The van der Waals surface area contributed by atoms with Crippen molar-refractivity contribution in [1.82, 2.24) is 0 Å². The lowest BCUT2D eigenvalue weighted by Crippen LogP contribution is -2.05. The Morgan fingerprint density at radius 3 is 1.92 bits per heavy atom. The zero-order chi connectivity index (χ0) is 17.4. The number of hydrogen-bond acceptors (Lipinski definition) is 4. The van der Waals surface area contributed by atoms with Gasteiger partial charge in [-0.25, -0.2) is 9.59 Å². The van der Waals surface area contributed by atoms with E-state index in [4.69, 9.17) is 9.47 Å². The van der Waals surface area contributed by atoms with Crippen molar-refractivity contribution in [2.45, 2.75) is 13.8 Å². The van der Waals surface area contributed by atoms with Gasteiger partial charge in [-0.1, -0.05) is 42.5 Å². The molecule has 0 aliphatic rings. The van der Waals surface area contributed by atoms with Gasteiger partial charge in [0.05, 0.1) is 18.8 Å². The van der Waals surface area contributed by atoms with Gasteiger partial charge >= 0.3 is 11.9 Å². The van der Waals surface area contributed by atoms with Crippen LogP contribution in [0.5, 0.6) is 0 Å². The predicted octanol–water partition coefficient (Wildman–Crippen LogP) is 3.86. The molecule has 0 aromatic heterocycles. The molecule has 0 radical (unpaired) electrons. The normalized spacial score (nSPS) is 11.0. The fourth-order valence-electron chi connectivity index (χ4n) is 2.25. The molecule has 0 atom stereocenters. The first kappa shape index (κ1) is 17.5. The Hall–Kier alpha value is -2.88. The Morgan fingerprint density at radius 1 is 0.792 bits per heavy atom. The fourth-order valence-corrected chi connectivity index (χ4v) is 2.25. The van der Waals surface area contributed by atoms with Crippen molar-refractivity contribution < 1.29 is 19.1 Å². The van der Waals surface area contributed by atoms with Crippen molar-refractivity contribution in [2.24, 2.45) is 0 Å². The van der Waals surface area contributed by atoms with E-state index in [2.05, 4.69) is 0 Å². The smallest absolute Gasteiger partial charge is 0.338 e. The van der Waals surface area contributed by atoms with E-state index in [1.54, 1.807) is 38.1 Å². The van der Waals surface area contributed by atoms with Crippen LogP contribution in [-0.2, 0) is 14.3 Å². The topological polar surface area (TPSA) is 52.6 Å². The first-order valence-electron chi connectivity index (χ1n) is 7.87. The van der Waals surface area contributed by atoms with Crippen LogP contribution in [0.25, 0.3) is 5.57 Å². The van der Waals surface area contributed by atoms with Gasteiger partial charge in [-0.2, -0.15) is 0 Å². The molecule has 2 rings (SSSR count). The van der Waals surface area contributed by atoms with Crippen molar-refractivity contribution in [3.8, 4) is 0 Å². The van der Waals surface area contributed by atoms with E-state index in [0.29, 0.717) is 18.8 Å². The summed E-state index contributed by atoms with van der Waals surface area (Å²) in [5.74, 6) is -0.759. The molecule has 24 heavy (non-hydrogen) atoms. The van der Waals surface area contributed by atoms with Gasteiger partial charge in [0.1, 0.15) is 0 Å². The van der Waals surface area contributed by atoms with Gasteiger partial charge in [0.25, 0.3) is 0 Å². The highest BCUT2D eigenvalue weighted by Crippen LogP contribution is 2.24. The molecule has 124 valence electrons. The second kappa shape index (κ2) is 8.67. The molecule has 0 saturated carbocycles. The first-order chi connectivity index (χ1) is 11.7. The number of ether oxygens (including phenoxy) is 2. The third kappa shape index (κ3) is 4.56. The molecular formula is C20H20O4. The zero-order valence-electron chi connectivity index (χ0n) is 13.8. The van der Waals surface area contributed by atoms with Crippen LogP contribution in [-0.4, -0.2) is 25.2 Å². The van der Waals surface area contributed by atoms with Gasteiger partial charge in [0.15, 0.2) is 0 Å². The highest BCUT2D eigenvalue weighted by atomic mass is 16.5. The Labute approximate surface area is 141 Å². The molecule has 0 amide bonds. The molecule has 4 nitrogen and oxygen atoms in total. The quantitative estimate of drug-likeness (QED) is 0.598. The highest BCUT2D eigenvalue weighted by Gasteiger charge is 2.11. The predicted molar refractivity (Wildman–Crippen MR) is 92.6 cm³/mol. The number of hydrogen-bond donors (Lipinski definition) is 0. The maximum absolute atomic E-state index is 11.9. The maximum Gasteiger partial charge on any atom is 0.338 e. The maximum atomic E-state index is 11.9. The summed E-state index contributed by atoms with van der Waals surface area (Å²) >= 11 is 0. The van der Waals surface area contributed by atoms with Crippen LogP contribution >= 0.6 is 0 Å². The van der Waals surface area contributed by atoms with Crippen LogP contribution in [0, 0.1) is 0 Å². The molecule has 0 aliphatic carbocycles. The van der Waals surface area contributed by atoms with Crippen LogP contribution in [0.3, 0.4) is 0 Å². The van der Waals surface area contributed by atoms with Crippen molar-refractivity contribution in [3.05, 3.63) is 77.4 Å². The standard InChI is InChI=1S/C20H20O4/c1-3-23-19(21)14-18(15-8-6-5-7-9-15)16-10-12-17(13-11-16)20(22)24-4-2/h5-14H,3-4H2,1-2H3/b18-14+. The van der Waals surface area contributed by atoms with Crippen LogP contribution in [0.2, 0.25) is 0 Å². The van der Waals surface area contributed by atoms with E-state index in [9.17, 15) is 9.59 Å². The summed E-state index contributed by atoms with van der Waals surface area (Å²) in [6, 6.07) is 16.5. The summed E-state index contributed by atoms with van der Waals surface area (Å²) in [5.41, 5.74) is 2.94. The van der Waals surface area contributed by atoms with Crippen LogP contribution in [0.4, 0.5) is 0 Å². The van der Waals surface area contributed by atoms with Gasteiger partial charge in [0.2, 0.25) is 0 Å². The molecule has 2 aromatic carbocycles. The van der Waals surface area contributed by atoms with Crippen molar-refractivity contribution in [2.75, 3.05) is 13.2 Å². The van der Waals surface area contributed by atoms with E-state index < -0.39 is 5.97 Å². The van der Waals surface area contributed by atoms with Gasteiger partial charge in [-0.05, 0) is 42.7 Å². The Morgan fingerprint density at radius 2 is 1.33 bits per heavy atom. The van der Waals surface area contributed by atoms with Gasteiger partial charge in [0, 0.05) is 6.08 Å². The zero-order valence-corrected chi connectivity index (χ0v) is 13.8. The summed E-state index contributed by atoms with van der Waals surface area (Å²) < 4.78 is 10.0. The number of benzene rings is 2. The summed E-state index contributed by atoms with van der Waals surface area (Å²) in [4.78, 5) is 23.6. The molecule has 0 aliphatic heterocycles. The minimum absolute atomic E-state index is 0.319. The van der Waals surface area contributed by atoms with E-state index in [0.717, 1.165) is 16.7 Å². The van der Waals surface area contributed by atoms with Crippen molar-refractivity contribution >= 4 is 17.5 Å². The molecule has 2 aromatic rings. The summed E-state index contributed by atoms with van der Waals surface area (Å²) in [6.07, 6.45) is 1.47. The summed E-state index contributed by atoms with van der Waals surface area (Å²) in [6.45, 7) is 4.18. The third-order valence-corrected chi connectivity index (χ3v) is 3.34. The first-order valence-corrected chi connectivity index (χ1v) is 7.87. The summed E-state index contributed by atoms with van der Waals surface area (Å²) in [5, 5.41) is 0. The summed E-state index contributed by atoms with van der Waals surface area (Å²) in [7, 11) is 0. The fraction of sp³-hybridized carbons (Fsp3) is 0.200. The Balaban J connectivity index is 2.37. The highest BCUT2D eigenvalue weighted by molar-refractivity contribution is 5.97. The van der Waals surface area contributed by atoms with Crippen LogP contribution in [0.1, 0.15) is 35.3 Å². The lowest BCUT2D eigenvalue weighted by Gasteiger charge is -2.09. The third-order valence-electron chi connectivity index (χ3n) is 3.34. The van der Waals surface area contributed by atoms with E-state index in [1.165, 1.54) is 6.08 Å². The molecule has 0 heterocycles. The second-order valence-corrected chi connectivity index (χ2v) is 4.97. The minimum atomic E-state index is -0.397. The molecule has 0 unspecified atom stereocenters. The van der Waals surface area contributed by atoms with E-state index in [-0.39, 0.29) is 5.97 Å². The number of esters is 2. The average Bonchev–Trinajstić information content (AvgIpc) is 2.61. The molecule has 4 heteroatoms. The SMILES string of the molecule is CCOC(=O)/C=C(\c1ccccc1)c1ccc(C(=O)OCC)cc1. The lowest BCUT2D eigenvalue weighted by atomic mass is 9.96. The Bertz CT molecular complexity index is 715.